The van der Waals surface area contributed by atoms with Crippen LogP contribution in [0.15, 0.2) is 0 Å². The largest absolute Gasteiger partial charge is 0.314 e. The predicted octanol–water partition coefficient (Wildman–Crippen LogP) is 2.46. The van der Waals surface area contributed by atoms with Crippen LogP contribution in [-0.2, 0) is 9.84 Å². The van der Waals surface area contributed by atoms with Gasteiger partial charge in [-0.2, -0.15) is 0 Å². The van der Waals surface area contributed by atoms with Gasteiger partial charge in [0.1, 0.15) is 5.67 Å². The van der Waals surface area contributed by atoms with Gasteiger partial charge in [-0.05, 0) is 53.0 Å². The minimum absolute atomic E-state index is 0.0512. The second-order valence-electron chi connectivity index (χ2n) is 5.93. The quantitative estimate of drug-likeness (QED) is 0.812. The summed E-state index contributed by atoms with van der Waals surface area (Å²) in [7, 11) is -3.13. The average molecular weight is 279 g/mol. The summed E-state index contributed by atoms with van der Waals surface area (Å²) in [5.41, 5.74) is -1.39. The van der Waals surface area contributed by atoms with Gasteiger partial charge in [0.15, 0.2) is 9.84 Å². The number of hydrogen-bond donors (Lipinski definition) is 1. The predicted molar refractivity (Wildman–Crippen MR) is 73.3 cm³/mol. The van der Waals surface area contributed by atoms with Crippen LogP contribution in [0.2, 0.25) is 0 Å². The fourth-order valence-corrected chi connectivity index (χ4v) is 3.49. The van der Waals surface area contributed by atoms with Crippen LogP contribution in [-0.4, -0.2) is 37.7 Å². The lowest BCUT2D eigenvalue weighted by atomic mass is 9.91. The first-order chi connectivity index (χ1) is 8.23. The zero-order chi connectivity index (χ0) is 13.8. The van der Waals surface area contributed by atoms with E-state index in [-0.39, 0.29) is 18.2 Å². The Kier molecular flexibility index (Phi) is 5.59. The number of nitrogens with one attached hydrogen (secondary N) is 1. The van der Waals surface area contributed by atoms with Gasteiger partial charge in [0.25, 0.3) is 0 Å². The van der Waals surface area contributed by atoms with E-state index >= 15 is 0 Å². The molecule has 0 aromatic rings. The van der Waals surface area contributed by atoms with Crippen molar-refractivity contribution in [2.24, 2.45) is 0 Å². The van der Waals surface area contributed by atoms with Crippen molar-refractivity contribution in [3.05, 3.63) is 0 Å². The Balaban J connectivity index is 2.43. The van der Waals surface area contributed by atoms with E-state index in [1.165, 1.54) is 6.92 Å². The van der Waals surface area contributed by atoms with Gasteiger partial charge in [-0.15, -0.1) is 0 Å². The van der Waals surface area contributed by atoms with Crippen molar-refractivity contribution in [2.75, 3.05) is 12.3 Å². The fourth-order valence-electron chi connectivity index (χ4n) is 2.30. The highest BCUT2D eigenvalue weighted by atomic mass is 32.2. The first-order valence-corrected chi connectivity index (χ1v) is 8.58. The Bertz CT molecular complexity index is 346. The van der Waals surface area contributed by atoms with Crippen molar-refractivity contribution in [2.45, 2.75) is 69.8 Å². The number of hydrogen-bond acceptors (Lipinski definition) is 3. The van der Waals surface area contributed by atoms with E-state index in [4.69, 9.17) is 0 Å². The van der Waals surface area contributed by atoms with Gasteiger partial charge in [-0.25, -0.2) is 12.8 Å². The molecule has 0 aromatic heterocycles. The molecule has 3 nitrogen and oxygen atoms in total. The van der Waals surface area contributed by atoms with E-state index in [2.05, 4.69) is 5.32 Å². The third-order valence-electron chi connectivity index (χ3n) is 3.71. The average Bonchev–Trinajstić information content (AvgIpc) is 2.27. The molecule has 1 aliphatic rings. The summed E-state index contributed by atoms with van der Waals surface area (Å²) in [5, 5.41) is 2.89. The summed E-state index contributed by atoms with van der Waals surface area (Å²) in [4.78, 5) is 0. The Hall–Kier alpha value is -0.160. The molecule has 0 aliphatic carbocycles. The maximum atomic E-state index is 14.4. The van der Waals surface area contributed by atoms with E-state index in [1.54, 1.807) is 13.8 Å². The molecular weight excluding hydrogens is 253 g/mol. The van der Waals surface area contributed by atoms with Gasteiger partial charge in [0.2, 0.25) is 0 Å². The lowest BCUT2D eigenvalue weighted by Gasteiger charge is -2.30. The molecule has 18 heavy (non-hydrogen) atoms. The Morgan fingerprint density at radius 1 is 1.39 bits per heavy atom. The van der Waals surface area contributed by atoms with Crippen LogP contribution in [0.25, 0.3) is 0 Å². The molecule has 0 amide bonds. The molecule has 1 fully saturated rings. The summed E-state index contributed by atoms with van der Waals surface area (Å²) >= 11 is 0. The smallest absolute Gasteiger partial charge is 0.152 e. The molecule has 0 aromatic carbocycles. The summed E-state index contributed by atoms with van der Waals surface area (Å²) in [6.07, 6.45) is 3.81. The first-order valence-electron chi connectivity index (χ1n) is 6.87. The monoisotopic (exact) mass is 279 g/mol. The van der Waals surface area contributed by atoms with Crippen molar-refractivity contribution < 1.29 is 12.8 Å². The molecule has 2 atom stereocenters. The Morgan fingerprint density at radius 2 is 2.06 bits per heavy atom. The van der Waals surface area contributed by atoms with Gasteiger partial charge < -0.3 is 5.32 Å². The van der Waals surface area contributed by atoms with Crippen LogP contribution in [0, 0.1) is 0 Å². The number of rotatable bonds is 6. The molecule has 1 aliphatic heterocycles. The topological polar surface area (TPSA) is 46.2 Å². The molecule has 1 rings (SSSR count). The van der Waals surface area contributed by atoms with Crippen LogP contribution in [0.5, 0.6) is 0 Å². The molecule has 5 heteroatoms. The summed E-state index contributed by atoms with van der Waals surface area (Å²) < 4.78 is 37.7. The van der Waals surface area contributed by atoms with Gasteiger partial charge in [0.05, 0.1) is 11.0 Å². The molecule has 0 radical (unpaired) electrons. The van der Waals surface area contributed by atoms with E-state index in [1.807, 2.05) is 0 Å². The van der Waals surface area contributed by atoms with Crippen LogP contribution in [0.3, 0.4) is 0 Å². The second kappa shape index (κ2) is 6.33. The van der Waals surface area contributed by atoms with Gasteiger partial charge >= 0.3 is 0 Å². The minimum Gasteiger partial charge on any atom is -0.314 e. The Labute approximate surface area is 110 Å². The van der Waals surface area contributed by atoms with Crippen LogP contribution in [0.4, 0.5) is 4.39 Å². The van der Waals surface area contributed by atoms with Crippen molar-refractivity contribution in [3.8, 4) is 0 Å². The third-order valence-corrected chi connectivity index (χ3v) is 5.92. The number of alkyl halides is 1. The van der Waals surface area contributed by atoms with E-state index in [0.29, 0.717) is 6.42 Å². The standard InChI is InChI=1S/C13H26FNO2S/c1-11(2)18(16,17)9-7-13(3,14)10-12-6-4-5-8-15-12/h11-12,15H,4-10H2,1-3H3. The normalized spacial score (nSPS) is 25.1. The molecule has 1 N–H and O–H groups in total. The molecule has 0 saturated carbocycles. The maximum Gasteiger partial charge on any atom is 0.152 e. The van der Waals surface area contributed by atoms with E-state index in [0.717, 1.165) is 25.8 Å². The molecule has 1 saturated heterocycles. The summed E-state index contributed by atoms with van der Waals surface area (Å²) in [6.45, 7) is 5.77. The lowest BCUT2D eigenvalue weighted by molar-refractivity contribution is 0.141. The zero-order valence-electron chi connectivity index (χ0n) is 11.7. The van der Waals surface area contributed by atoms with Gasteiger partial charge in [0, 0.05) is 6.04 Å². The third kappa shape index (κ3) is 5.22. The molecule has 0 bridgehead atoms. The Morgan fingerprint density at radius 3 is 2.56 bits per heavy atom. The SMILES string of the molecule is CC(C)S(=O)(=O)CCC(C)(F)CC1CCCCN1. The zero-order valence-corrected chi connectivity index (χ0v) is 12.5. The van der Waals surface area contributed by atoms with E-state index in [9.17, 15) is 12.8 Å². The van der Waals surface area contributed by atoms with Gasteiger partial charge in [-0.3, -0.25) is 0 Å². The lowest BCUT2D eigenvalue weighted by Crippen LogP contribution is -2.40. The number of halogens is 1. The maximum absolute atomic E-state index is 14.4. The highest BCUT2D eigenvalue weighted by Crippen LogP contribution is 2.26. The second-order valence-corrected chi connectivity index (χ2v) is 8.61. The number of sulfone groups is 1. The minimum atomic E-state index is -3.13. The molecule has 108 valence electrons. The van der Waals surface area contributed by atoms with Crippen LogP contribution in [0.1, 0.15) is 52.9 Å². The first kappa shape index (κ1) is 15.9. The van der Waals surface area contributed by atoms with Gasteiger partial charge in [-0.1, -0.05) is 6.42 Å². The molecule has 2 unspecified atom stereocenters. The van der Waals surface area contributed by atoms with Crippen molar-refractivity contribution >= 4 is 9.84 Å². The molecular formula is C13H26FNO2S. The molecule has 0 spiro atoms. The summed E-state index contributed by atoms with van der Waals surface area (Å²) in [5.74, 6) is -0.0512. The van der Waals surface area contributed by atoms with E-state index < -0.39 is 20.8 Å². The highest BCUT2D eigenvalue weighted by Gasteiger charge is 2.30. The highest BCUT2D eigenvalue weighted by molar-refractivity contribution is 7.91. The van der Waals surface area contributed by atoms with Crippen molar-refractivity contribution in [1.82, 2.24) is 5.32 Å². The number of piperidine rings is 1. The van der Waals surface area contributed by atoms with Crippen molar-refractivity contribution in [3.63, 3.8) is 0 Å². The van der Waals surface area contributed by atoms with Crippen LogP contribution < -0.4 is 5.32 Å². The van der Waals surface area contributed by atoms with Crippen LogP contribution >= 0.6 is 0 Å². The summed E-state index contributed by atoms with van der Waals surface area (Å²) in [6, 6.07) is 0.204. The van der Waals surface area contributed by atoms with Crippen molar-refractivity contribution in [1.29, 1.82) is 0 Å². The fraction of sp³-hybridized carbons (Fsp3) is 1.00. The molecule has 1 heterocycles.